The van der Waals surface area contributed by atoms with Crippen LogP contribution in [-0.4, -0.2) is 37.0 Å². The number of rotatable bonds is 5. The molecule has 1 heterocycles. The van der Waals surface area contributed by atoms with Crippen molar-refractivity contribution in [2.45, 2.75) is 78.4 Å². The summed E-state index contributed by atoms with van der Waals surface area (Å²) in [6, 6.07) is 0. The number of nitrogens with zero attached hydrogens (tertiary/aromatic N) is 1. The first-order valence-electron chi connectivity index (χ1n) is 9.44. The lowest BCUT2D eigenvalue weighted by atomic mass is 9.70. The summed E-state index contributed by atoms with van der Waals surface area (Å²) in [5.41, 5.74) is 4.29. The zero-order chi connectivity index (χ0) is 17.4. The second-order valence-corrected chi connectivity index (χ2v) is 8.49. The van der Waals surface area contributed by atoms with Crippen LogP contribution >= 0.6 is 0 Å². The molecule has 0 aromatic carbocycles. The molecule has 0 aromatic rings. The van der Waals surface area contributed by atoms with Crippen molar-refractivity contribution in [2.24, 2.45) is 21.8 Å². The summed E-state index contributed by atoms with van der Waals surface area (Å²) in [4.78, 5) is 12.3. The van der Waals surface area contributed by atoms with Crippen molar-refractivity contribution < 1.29 is 14.3 Å². The molecule has 3 rings (SSSR count). The summed E-state index contributed by atoms with van der Waals surface area (Å²) in [5.74, 6) is 0.526. The first-order chi connectivity index (χ1) is 11.3. The average Bonchev–Trinajstić information content (AvgIpc) is 2.91. The standard InChI is InChI=1S/C19H32N2O3/c1-13(24-12-15-7-5-6-10-23-15)17(22)21-20-16-11-14-8-9-19(16,4)18(14,2)3/h13-15H,5-12H2,1-4H3,(H,21,22)/b20-16-. The fourth-order valence-corrected chi connectivity index (χ4v) is 4.58. The van der Waals surface area contributed by atoms with Crippen molar-refractivity contribution in [3.05, 3.63) is 0 Å². The number of ether oxygens (including phenoxy) is 2. The SMILES string of the molecule is CC(OCC1CCCCO1)C(=O)N/N=C1/CC2CCC1(C)C2(C)C. The molecule has 136 valence electrons. The Bertz CT molecular complexity index is 511. The molecule has 0 radical (unpaired) electrons. The largest absolute Gasteiger partial charge is 0.376 e. The van der Waals surface area contributed by atoms with Crippen molar-refractivity contribution in [1.29, 1.82) is 0 Å². The molecule has 3 fully saturated rings. The van der Waals surface area contributed by atoms with Crippen molar-refractivity contribution in [3.63, 3.8) is 0 Å². The molecule has 1 aliphatic heterocycles. The van der Waals surface area contributed by atoms with Crippen LogP contribution in [0.3, 0.4) is 0 Å². The molecule has 24 heavy (non-hydrogen) atoms. The number of amides is 1. The van der Waals surface area contributed by atoms with Crippen LogP contribution in [0.4, 0.5) is 0 Å². The van der Waals surface area contributed by atoms with Gasteiger partial charge in [-0.2, -0.15) is 5.10 Å². The highest BCUT2D eigenvalue weighted by atomic mass is 16.5. The number of hydrazone groups is 1. The molecule has 5 nitrogen and oxygen atoms in total. The minimum Gasteiger partial charge on any atom is -0.376 e. The summed E-state index contributed by atoms with van der Waals surface area (Å²) in [7, 11) is 0. The van der Waals surface area contributed by atoms with Gasteiger partial charge in [-0.15, -0.1) is 0 Å². The molecule has 5 heteroatoms. The smallest absolute Gasteiger partial charge is 0.268 e. The van der Waals surface area contributed by atoms with Crippen LogP contribution in [0.25, 0.3) is 0 Å². The Hall–Kier alpha value is -0.940. The van der Waals surface area contributed by atoms with Crippen LogP contribution in [0.15, 0.2) is 5.10 Å². The van der Waals surface area contributed by atoms with Gasteiger partial charge in [0.1, 0.15) is 6.10 Å². The maximum Gasteiger partial charge on any atom is 0.268 e. The normalized spacial score (nSPS) is 37.6. The molecule has 0 aromatic heterocycles. The predicted molar refractivity (Wildman–Crippen MR) is 93.8 cm³/mol. The number of fused-ring (bicyclic) bond motifs is 2. The Morgan fingerprint density at radius 1 is 1.38 bits per heavy atom. The fourth-order valence-electron chi connectivity index (χ4n) is 4.58. The molecule has 0 spiro atoms. The number of hydrogen-bond acceptors (Lipinski definition) is 4. The molecular formula is C19H32N2O3. The molecule has 2 saturated carbocycles. The van der Waals surface area contributed by atoms with Crippen molar-refractivity contribution in [2.75, 3.05) is 13.2 Å². The van der Waals surface area contributed by atoms with E-state index in [1.807, 2.05) is 0 Å². The van der Waals surface area contributed by atoms with Crippen LogP contribution in [0.5, 0.6) is 0 Å². The lowest BCUT2D eigenvalue weighted by Gasteiger charge is -2.34. The van der Waals surface area contributed by atoms with Crippen LogP contribution in [0.2, 0.25) is 0 Å². The maximum atomic E-state index is 12.3. The molecule has 4 unspecified atom stereocenters. The van der Waals surface area contributed by atoms with E-state index in [1.54, 1.807) is 6.92 Å². The predicted octanol–water partition coefficient (Wildman–Crippen LogP) is 3.28. The van der Waals surface area contributed by atoms with E-state index in [4.69, 9.17) is 9.47 Å². The Labute approximate surface area is 145 Å². The van der Waals surface area contributed by atoms with Gasteiger partial charge in [0.2, 0.25) is 0 Å². The highest BCUT2D eigenvalue weighted by molar-refractivity contribution is 5.95. The minimum absolute atomic E-state index is 0.116. The molecule has 1 saturated heterocycles. The number of carbonyl (C=O) groups is 1. The third-order valence-electron chi connectivity index (χ3n) is 6.99. The average molecular weight is 336 g/mol. The van der Waals surface area contributed by atoms with Crippen molar-refractivity contribution in [3.8, 4) is 0 Å². The molecule has 4 atom stereocenters. The highest BCUT2D eigenvalue weighted by Crippen LogP contribution is 2.63. The van der Waals surface area contributed by atoms with Gasteiger partial charge in [0.05, 0.1) is 12.7 Å². The van der Waals surface area contributed by atoms with Crippen LogP contribution in [0, 0.1) is 16.7 Å². The van der Waals surface area contributed by atoms with Gasteiger partial charge in [0, 0.05) is 17.7 Å². The summed E-state index contributed by atoms with van der Waals surface area (Å²) >= 11 is 0. The molecule has 2 bridgehead atoms. The minimum atomic E-state index is -0.501. The summed E-state index contributed by atoms with van der Waals surface area (Å²) < 4.78 is 11.3. The highest BCUT2D eigenvalue weighted by Gasteiger charge is 2.60. The second-order valence-electron chi connectivity index (χ2n) is 8.49. The zero-order valence-corrected chi connectivity index (χ0v) is 15.6. The van der Waals surface area contributed by atoms with Gasteiger partial charge < -0.3 is 9.47 Å². The Morgan fingerprint density at radius 3 is 2.75 bits per heavy atom. The van der Waals surface area contributed by atoms with Gasteiger partial charge in [-0.3, -0.25) is 4.79 Å². The van der Waals surface area contributed by atoms with Crippen molar-refractivity contribution >= 4 is 11.6 Å². The third-order valence-corrected chi connectivity index (χ3v) is 6.99. The number of carbonyl (C=O) groups excluding carboxylic acids is 1. The quantitative estimate of drug-likeness (QED) is 0.784. The van der Waals surface area contributed by atoms with E-state index in [-0.39, 0.29) is 22.8 Å². The molecule has 1 N–H and O–H groups in total. The number of nitrogens with one attached hydrogen (secondary N) is 1. The molecule has 1 amide bonds. The number of hydrogen-bond donors (Lipinski definition) is 1. The van der Waals surface area contributed by atoms with Gasteiger partial charge in [0.25, 0.3) is 5.91 Å². The van der Waals surface area contributed by atoms with Gasteiger partial charge in [-0.05, 0) is 56.8 Å². The second kappa shape index (κ2) is 6.75. The van der Waals surface area contributed by atoms with Gasteiger partial charge >= 0.3 is 0 Å². The fraction of sp³-hybridized carbons (Fsp3) is 0.895. The first-order valence-corrected chi connectivity index (χ1v) is 9.44. The molecule has 3 aliphatic rings. The van der Waals surface area contributed by atoms with E-state index in [9.17, 15) is 4.79 Å². The van der Waals surface area contributed by atoms with Gasteiger partial charge in [-0.25, -0.2) is 5.43 Å². The van der Waals surface area contributed by atoms with E-state index >= 15 is 0 Å². The van der Waals surface area contributed by atoms with E-state index in [2.05, 4.69) is 31.3 Å². The zero-order valence-electron chi connectivity index (χ0n) is 15.6. The Morgan fingerprint density at radius 2 is 2.17 bits per heavy atom. The summed E-state index contributed by atoms with van der Waals surface area (Å²) in [6.07, 6.45) is 6.41. The Balaban J connectivity index is 1.50. The van der Waals surface area contributed by atoms with Gasteiger partial charge in [-0.1, -0.05) is 20.8 Å². The Kier molecular flexibility index (Phi) is 5.03. The molecular weight excluding hydrogens is 304 g/mol. The topological polar surface area (TPSA) is 59.9 Å². The lowest BCUT2D eigenvalue weighted by molar-refractivity contribution is -0.135. The molecule has 2 aliphatic carbocycles. The van der Waals surface area contributed by atoms with E-state index < -0.39 is 6.10 Å². The third kappa shape index (κ3) is 3.13. The van der Waals surface area contributed by atoms with Crippen molar-refractivity contribution in [1.82, 2.24) is 5.43 Å². The van der Waals surface area contributed by atoms with E-state index in [0.29, 0.717) is 12.5 Å². The van der Waals surface area contributed by atoms with Gasteiger partial charge in [0.15, 0.2) is 0 Å². The lowest BCUT2D eigenvalue weighted by Crippen LogP contribution is -2.37. The van der Waals surface area contributed by atoms with E-state index in [1.165, 1.54) is 19.3 Å². The van der Waals surface area contributed by atoms with Crippen LogP contribution < -0.4 is 5.43 Å². The monoisotopic (exact) mass is 336 g/mol. The van der Waals surface area contributed by atoms with Crippen LogP contribution in [0.1, 0.15) is 66.2 Å². The van der Waals surface area contributed by atoms with E-state index in [0.717, 1.165) is 31.6 Å². The maximum absolute atomic E-state index is 12.3. The van der Waals surface area contributed by atoms with Crippen LogP contribution in [-0.2, 0) is 14.3 Å². The summed E-state index contributed by atoms with van der Waals surface area (Å²) in [6.45, 7) is 10.0. The summed E-state index contributed by atoms with van der Waals surface area (Å²) in [5, 5.41) is 4.49. The first kappa shape index (κ1) is 17.9.